The summed E-state index contributed by atoms with van der Waals surface area (Å²) in [5.74, 6) is 0.707. The van der Waals surface area contributed by atoms with Gasteiger partial charge in [0.15, 0.2) is 22.3 Å². The Morgan fingerprint density at radius 2 is 2.12 bits per heavy atom. The van der Waals surface area contributed by atoms with Crippen molar-refractivity contribution in [1.82, 2.24) is 19.9 Å². The number of hydrogen-bond acceptors (Lipinski definition) is 9. The van der Waals surface area contributed by atoms with Crippen LogP contribution in [-0.2, 0) is 16.1 Å². The van der Waals surface area contributed by atoms with Gasteiger partial charge >= 0.3 is 0 Å². The standard InChI is InChI=1S/C21H22N6O5S/c1-22-19(29)12-3-2-6-26(8-12)21-25-18-17(33-21)20(30)27(10-23-18)9-16(28)24-13-4-5-14-15(7-13)32-11-31-14/h4-5,7,10,12H,2-3,6,8-9,11H2,1H3,(H,22,29)(H,24,28). The van der Waals surface area contributed by atoms with Gasteiger partial charge < -0.3 is 25.0 Å². The van der Waals surface area contributed by atoms with Crippen molar-refractivity contribution in [3.8, 4) is 11.5 Å². The number of hydrogen-bond donors (Lipinski definition) is 2. The van der Waals surface area contributed by atoms with E-state index in [9.17, 15) is 14.4 Å². The van der Waals surface area contributed by atoms with E-state index >= 15 is 0 Å². The predicted octanol–water partition coefficient (Wildman–Crippen LogP) is 1.18. The number of rotatable bonds is 5. The zero-order chi connectivity index (χ0) is 22.9. The molecule has 2 aromatic heterocycles. The third kappa shape index (κ3) is 4.21. The number of benzene rings is 1. The lowest BCUT2D eigenvalue weighted by Crippen LogP contribution is -2.42. The first-order valence-electron chi connectivity index (χ1n) is 10.5. The minimum atomic E-state index is -0.369. The van der Waals surface area contributed by atoms with E-state index in [1.807, 2.05) is 4.90 Å². The van der Waals surface area contributed by atoms with Crippen molar-refractivity contribution in [3.63, 3.8) is 0 Å². The number of amides is 2. The molecule has 33 heavy (non-hydrogen) atoms. The zero-order valence-corrected chi connectivity index (χ0v) is 18.7. The maximum Gasteiger partial charge on any atom is 0.273 e. The van der Waals surface area contributed by atoms with Crippen LogP contribution < -0.4 is 30.6 Å². The number of aromatic nitrogens is 3. The Hall–Kier alpha value is -3.67. The van der Waals surface area contributed by atoms with Crippen molar-refractivity contribution in [3.05, 3.63) is 34.9 Å². The Bertz CT molecular complexity index is 1290. The van der Waals surface area contributed by atoms with Crippen LogP contribution in [0.2, 0.25) is 0 Å². The first kappa shape index (κ1) is 21.2. The molecule has 0 saturated carbocycles. The van der Waals surface area contributed by atoms with Crippen LogP contribution in [0.4, 0.5) is 10.8 Å². The topological polar surface area (TPSA) is 128 Å². The molecule has 0 bridgehead atoms. The second-order valence-corrected chi connectivity index (χ2v) is 8.82. The SMILES string of the molecule is CNC(=O)C1CCCN(c2nc3ncn(CC(=O)Nc4ccc5c(c4)OCO5)c(=O)c3s2)C1. The quantitative estimate of drug-likeness (QED) is 0.569. The van der Waals surface area contributed by atoms with Gasteiger partial charge in [0.2, 0.25) is 18.6 Å². The summed E-state index contributed by atoms with van der Waals surface area (Å²) >= 11 is 1.24. The van der Waals surface area contributed by atoms with Crippen molar-refractivity contribution in [2.45, 2.75) is 19.4 Å². The molecule has 2 amide bonds. The highest BCUT2D eigenvalue weighted by Crippen LogP contribution is 2.34. The largest absolute Gasteiger partial charge is 0.454 e. The second kappa shape index (κ2) is 8.70. The van der Waals surface area contributed by atoms with Crippen LogP contribution in [0.15, 0.2) is 29.3 Å². The summed E-state index contributed by atoms with van der Waals surface area (Å²) < 4.78 is 12.2. The third-order valence-electron chi connectivity index (χ3n) is 5.65. The number of carbonyl (C=O) groups is 2. The normalized spacial score (nSPS) is 17.2. The van der Waals surface area contributed by atoms with Crippen LogP contribution in [-0.4, -0.2) is 53.3 Å². The van der Waals surface area contributed by atoms with Gasteiger partial charge in [0.05, 0.1) is 5.92 Å². The number of fused-ring (bicyclic) bond motifs is 2. The Labute approximate surface area is 192 Å². The minimum absolute atomic E-state index is 0.00904. The molecule has 1 aromatic carbocycles. The molecule has 2 N–H and O–H groups in total. The van der Waals surface area contributed by atoms with E-state index in [1.54, 1.807) is 25.2 Å². The minimum Gasteiger partial charge on any atom is -0.454 e. The number of nitrogens with zero attached hydrogens (tertiary/aromatic N) is 4. The van der Waals surface area contributed by atoms with Gasteiger partial charge in [-0.3, -0.25) is 19.0 Å². The van der Waals surface area contributed by atoms with Gasteiger partial charge in [0.1, 0.15) is 17.6 Å². The van der Waals surface area contributed by atoms with Crippen molar-refractivity contribution in [1.29, 1.82) is 0 Å². The van der Waals surface area contributed by atoms with E-state index in [4.69, 9.17) is 9.47 Å². The van der Waals surface area contributed by atoms with Crippen LogP contribution in [0, 0.1) is 5.92 Å². The van der Waals surface area contributed by atoms with E-state index in [2.05, 4.69) is 20.6 Å². The van der Waals surface area contributed by atoms with Crippen molar-refractivity contribution in [2.75, 3.05) is 37.1 Å². The summed E-state index contributed by atoms with van der Waals surface area (Å²) in [5, 5.41) is 6.11. The summed E-state index contributed by atoms with van der Waals surface area (Å²) in [5.41, 5.74) is 0.557. The second-order valence-electron chi connectivity index (χ2n) is 7.84. The van der Waals surface area contributed by atoms with E-state index in [-0.39, 0.29) is 36.6 Å². The van der Waals surface area contributed by atoms with Crippen LogP contribution in [0.1, 0.15) is 12.8 Å². The maximum absolute atomic E-state index is 13.0. The number of nitrogens with one attached hydrogen (secondary N) is 2. The Kier molecular flexibility index (Phi) is 5.58. The van der Waals surface area contributed by atoms with E-state index in [0.717, 1.165) is 19.4 Å². The van der Waals surface area contributed by atoms with Crippen LogP contribution in [0.3, 0.4) is 0 Å². The number of anilines is 2. The summed E-state index contributed by atoms with van der Waals surface area (Å²) in [6.45, 7) is 1.27. The first-order chi connectivity index (χ1) is 16.0. The third-order valence-corrected chi connectivity index (χ3v) is 6.75. The molecule has 0 radical (unpaired) electrons. The molecule has 0 spiro atoms. The number of ether oxygens (including phenoxy) is 2. The lowest BCUT2D eigenvalue weighted by molar-refractivity contribution is -0.124. The van der Waals surface area contributed by atoms with Gasteiger partial charge in [-0.25, -0.2) is 4.98 Å². The molecule has 4 heterocycles. The molecular formula is C21H22N6O5S. The van der Waals surface area contributed by atoms with Gasteiger partial charge in [-0.1, -0.05) is 11.3 Å². The molecule has 5 rings (SSSR count). The molecule has 11 nitrogen and oxygen atoms in total. The molecule has 0 aliphatic carbocycles. The lowest BCUT2D eigenvalue weighted by Gasteiger charge is -2.31. The van der Waals surface area contributed by atoms with Gasteiger partial charge in [0, 0.05) is 31.9 Å². The molecule has 2 aliphatic heterocycles. The fourth-order valence-corrected chi connectivity index (χ4v) is 4.99. The molecular weight excluding hydrogens is 448 g/mol. The van der Waals surface area contributed by atoms with Gasteiger partial charge in [-0.15, -0.1) is 0 Å². The van der Waals surface area contributed by atoms with E-state index in [0.29, 0.717) is 39.2 Å². The summed E-state index contributed by atoms with van der Waals surface area (Å²) in [6, 6.07) is 5.09. The van der Waals surface area contributed by atoms with Crippen molar-refractivity contribution in [2.24, 2.45) is 5.92 Å². The lowest BCUT2D eigenvalue weighted by atomic mass is 9.98. The first-order valence-corrected chi connectivity index (χ1v) is 11.4. The van der Waals surface area contributed by atoms with E-state index in [1.165, 1.54) is 22.2 Å². The monoisotopic (exact) mass is 470 g/mol. The highest BCUT2D eigenvalue weighted by atomic mass is 32.1. The number of carbonyl (C=O) groups excluding carboxylic acids is 2. The molecule has 1 fully saturated rings. The smallest absolute Gasteiger partial charge is 0.273 e. The summed E-state index contributed by atoms with van der Waals surface area (Å²) in [7, 11) is 1.63. The highest BCUT2D eigenvalue weighted by molar-refractivity contribution is 7.22. The van der Waals surface area contributed by atoms with E-state index < -0.39 is 0 Å². The summed E-state index contributed by atoms with van der Waals surface area (Å²) in [4.78, 5) is 48.3. The van der Waals surface area contributed by atoms with Crippen molar-refractivity contribution >= 4 is 44.3 Å². The average molecular weight is 471 g/mol. The Morgan fingerprint density at radius 1 is 1.27 bits per heavy atom. The molecule has 3 aromatic rings. The van der Waals surface area contributed by atoms with Crippen LogP contribution >= 0.6 is 11.3 Å². The van der Waals surface area contributed by atoms with Crippen LogP contribution in [0.25, 0.3) is 10.3 Å². The van der Waals surface area contributed by atoms with Gasteiger partial charge in [-0.05, 0) is 25.0 Å². The van der Waals surface area contributed by atoms with Crippen LogP contribution in [0.5, 0.6) is 11.5 Å². The predicted molar refractivity (Wildman–Crippen MR) is 122 cm³/mol. The molecule has 1 atom stereocenters. The average Bonchev–Trinajstić information content (AvgIpc) is 3.47. The Balaban J connectivity index is 1.31. The zero-order valence-electron chi connectivity index (χ0n) is 17.9. The molecule has 172 valence electrons. The molecule has 1 saturated heterocycles. The number of piperidine rings is 1. The van der Waals surface area contributed by atoms with Gasteiger partial charge in [0.25, 0.3) is 5.56 Å². The molecule has 1 unspecified atom stereocenters. The summed E-state index contributed by atoms with van der Waals surface area (Å²) in [6.07, 6.45) is 3.02. The maximum atomic E-state index is 13.0. The van der Waals surface area contributed by atoms with Gasteiger partial charge in [-0.2, -0.15) is 4.98 Å². The fourth-order valence-electron chi connectivity index (χ4n) is 3.98. The Morgan fingerprint density at radius 3 is 2.97 bits per heavy atom. The van der Waals surface area contributed by atoms with Crippen molar-refractivity contribution < 1.29 is 19.1 Å². The fraction of sp³-hybridized carbons (Fsp3) is 0.381. The highest BCUT2D eigenvalue weighted by Gasteiger charge is 2.27. The molecule has 2 aliphatic rings. The molecule has 12 heteroatoms. The number of thiazole rings is 1.